The quantitative estimate of drug-likeness (QED) is 0.497. The zero-order valence-corrected chi connectivity index (χ0v) is 8.79. The van der Waals surface area contributed by atoms with Gasteiger partial charge in [-0.25, -0.2) is 9.05 Å². The molecule has 2 nitrogen and oxygen atoms in total. The molecule has 2 atom stereocenters. The van der Waals surface area contributed by atoms with Crippen LogP contribution in [0.2, 0.25) is 0 Å². The van der Waals surface area contributed by atoms with Crippen molar-refractivity contribution in [3.05, 3.63) is 0 Å². The molecule has 0 amide bonds. The summed E-state index contributed by atoms with van der Waals surface area (Å²) in [4.78, 5) is 0. The van der Waals surface area contributed by atoms with E-state index in [-0.39, 0.29) is 0 Å². The second-order valence-corrected chi connectivity index (χ2v) is 6.79. The maximum atomic E-state index is 5.52. The molecule has 0 aromatic rings. The minimum absolute atomic E-state index is 0.450. The molecule has 0 bridgehead atoms. The highest BCUT2D eigenvalue weighted by molar-refractivity contribution is 8.38. The zero-order valence-electron chi connectivity index (χ0n) is 7.08. The maximum absolute atomic E-state index is 5.52. The Morgan fingerprint density at radius 3 is 3.00 bits per heavy atom. The second-order valence-electron chi connectivity index (χ2n) is 2.78. The van der Waals surface area contributed by atoms with E-state index in [0.29, 0.717) is 12.3 Å². The van der Waals surface area contributed by atoms with Crippen molar-refractivity contribution in [3.63, 3.8) is 0 Å². The van der Waals surface area contributed by atoms with Gasteiger partial charge in [0.2, 0.25) is 0 Å². The van der Waals surface area contributed by atoms with Gasteiger partial charge in [0, 0.05) is 0 Å². The molecule has 0 aromatic heterocycles. The third kappa shape index (κ3) is 2.32. The monoisotopic (exact) mass is 194 g/mol. The van der Waals surface area contributed by atoms with Crippen LogP contribution in [0, 0.1) is 0 Å². The van der Waals surface area contributed by atoms with Crippen LogP contribution in [0.4, 0.5) is 0 Å². The van der Waals surface area contributed by atoms with E-state index in [1.807, 2.05) is 6.92 Å². The van der Waals surface area contributed by atoms with Gasteiger partial charge in [-0.3, -0.25) is 0 Å². The smallest absolute Gasteiger partial charge is 0.162 e. The molecule has 1 rings (SSSR count). The van der Waals surface area contributed by atoms with Gasteiger partial charge in [-0.15, -0.1) is 0 Å². The molecule has 0 aliphatic carbocycles. The summed E-state index contributed by atoms with van der Waals surface area (Å²) < 4.78 is 11.0. The lowest BCUT2D eigenvalue weighted by Crippen LogP contribution is -2.19. The van der Waals surface area contributed by atoms with Crippen LogP contribution >= 0.6 is 6.92 Å². The van der Waals surface area contributed by atoms with Gasteiger partial charge in [0.15, 0.2) is 6.92 Å². The molecule has 1 aliphatic rings. The van der Waals surface area contributed by atoms with E-state index in [1.165, 1.54) is 0 Å². The van der Waals surface area contributed by atoms with Crippen molar-refractivity contribution >= 4 is 19.2 Å². The van der Waals surface area contributed by atoms with Crippen LogP contribution in [0.5, 0.6) is 0 Å². The molecule has 1 fully saturated rings. The van der Waals surface area contributed by atoms with Gasteiger partial charge in [0.05, 0.1) is 13.2 Å². The Hall–Kier alpha value is 0.700. The third-order valence-corrected chi connectivity index (χ3v) is 6.10. The summed E-state index contributed by atoms with van der Waals surface area (Å²) in [5, 5.41) is 0. The molecule has 0 saturated carbocycles. The van der Waals surface area contributed by atoms with Crippen molar-refractivity contribution in [2.45, 2.75) is 32.3 Å². The lowest BCUT2D eigenvalue weighted by Gasteiger charge is -2.37. The van der Waals surface area contributed by atoms with E-state index in [2.05, 4.69) is 6.92 Å². The highest BCUT2D eigenvalue weighted by Gasteiger charge is 2.37. The van der Waals surface area contributed by atoms with Crippen molar-refractivity contribution in [1.82, 2.24) is 0 Å². The first kappa shape index (κ1) is 9.79. The van der Waals surface area contributed by atoms with Crippen LogP contribution in [0.3, 0.4) is 0 Å². The fourth-order valence-electron chi connectivity index (χ4n) is 1.20. The molecule has 0 radical (unpaired) electrons. The molecule has 1 heterocycles. The molecule has 0 N–H and O–H groups in total. The van der Waals surface area contributed by atoms with Gasteiger partial charge in [-0.2, -0.15) is 0 Å². The van der Waals surface area contributed by atoms with Crippen molar-refractivity contribution in [2.75, 3.05) is 13.2 Å². The Kier molecular flexibility index (Phi) is 3.63. The highest BCUT2D eigenvalue weighted by atomic mass is 32.7. The molecule has 66 valence electrons. The average Bonchev–Trinajstić information content (AvgIpc) is 1.96. The van der Waals surface area contributed by atoms with Gasteiger partial charge in [-0.05, 0) is 26.7 Å². The summed E-state index contributed by atoms with van der Waals surface area (Å²) in [7, 11) is 0. The Labute approximate surface area is 74.3 Å². The average molecular weight is 194 g/mol. The fourth-order valence-corrected chi connectivity index (χ4v) is 3.88. The largest absolute Gasteiger partial charge is 0.492 e. The first-order valence-corrected chi connectivity index (χ1v) is 6.78. The van der Waals surface area contributed by atoms with Gasteiger partial charge in [-0.1, -0.05) is 0 Å². The highest BCUT2D eigenvalue weighted by Crippen LogP contribution is 2.65. The Bertz CT molecular complexity index is 130. The maximum Gasteiger partial charge on any atom is 0.162 e. The molecule has 0 aromatic carbocycles. The summed E-state index contributed by atoms with van der Waals surface area (Å²) >= 11 is 5.34. The number of hydrogen-bond acceptors (Lipinski definition) is 3. The Morgan fingerprint density at radius 2 is 2.45 bits per heavy atom. The predicted octanol–water partition coefficient (Wildman–Crippen LogP) is 2.53. The van der Waals surface area contributed by atoms with Gasteiger partial charge in [0.1, 0.15) is 5.66 Å². The first-order chi connectivity index (χ1) is 5.19. The van der Waals surface area contributed by atoms with Crippen LogP contribution in [-0.2, 0) is 21.3 Å². The van der Waals surface area contributed by atoms with Crippen LogP contribution in [0.15, 0.2) is 0 Å². The van der Waals surface area contributed by atoms with Crippen molar-refractivity contribution in [2.24, 2.45) is 0 Å². The molecule has 11 heavy (non-hydrogen) atoms. The van der Waals surface area contributed by atoms with Crippen LogP contribution in [-0.4, -0.2) is 18.9 Å². The number of hydrogen-bond donors (Lipinski definition) is 0. The van der Waals surface area contributed by atoms with Gasteiger partial charge < -0.3 is 12.2 Å². The van der Waals surface area contributed by atoms with Gasteiger partial charge >= 0.3 is 0 Å². The summed E-state index contributed by atoms with van der Waals surface area (Å²) in [5.41, 5.74) is 0.450. The fraction of sp³-hybridized carbons (Fsp3) is 1.00. The summed E-state index contributed by atoms with van der Waals surface area (Å²) in [6.07, 6.45) is 2.30. The van der Waals surface area contributed by atoms with Crippen molar-refractivity contribution in [3.8, 4) is 0 Å². The standard InChI is InChI=1S/C7H15O2PS/c1-3-8-10(11)7(2)5-4-6-9-10/h7H,3-6H2,1-2H3/t7-,10?/m1/s1. The minimum Gasteiger partial charge on any atom is -0.492 e. The molecule has 4 heteroatoms. The zero-order chi connectivity index (χ0) is 8.32. The lowest BCUT2D eigenvalue weighted by atomic mass is 10.2. The molecule has 1 saturated heterocycles. The number of rotatable bonds is 2. The van der Waals surface area contributed by atoms with E-state index in [4.69, 9.17) is 21.3 Å². The van der Waals surface area contributed by atoms with Crippen LogP contribution in [0.1, 0.15) is 26.7 Å². The van der Waals surface area contributed by atoms with E-state index in [0.717, 1.165) is 19.4 Å². The SMILES string of the molecule is CCO[P+]1([S-])OCCC[C@H]1C. The molecule has 1 unspecified atom stereocenters. The molecule has 0 spiro atoms. The van der Waals surface area contributed by atoms with E-state index < -0.39 is 6.92 Å². The minimum atomic E-state index is -1.87. The normalized spacial score (nSPS) is 39.0. The summed E-state index contributed by atoms with van der Waals surface area (Å²) in [6.45, 7) is 3.71. The topological polar surface area (TPSA) is 18.5 Å². The van der Waals surface area contributed by atoms with E-state index in [9.17, 15) is 0 Å². The van der Waals surface area contributed by atoms with Crippen molar-refractivity contribution in [1.29, 1.82) is 0 Å². The molecular formula is C7H15O2PS. The third-order valence-electron chi connectivity index (χ3n) is 1.89. The Morgan fingerprint density at radius 1 is 1.73 bits per heavy atom. The van der Waals surface area contributed by atoms with Gasteiger partial charge in [0.25, 0.3) is 0 Å². The predicted molar refractivity (Wildman–Crippen MR) is 50.6 cm³/mol. The van der Waals surface area contributed by atoms with Crippen molar-refractivity contribution < 1.29 is 9.05 Å². The lowest BCUT2D eigenvalue weighted by molar-refractivity contribution is 0.222. The van der Waals surface area contributed by atoms with Crippen LogP contribution < -0.4 is 0 Å². The summed E-state index contributed by atoms with van der Waals surface area (Å²) in [6, 6.07) is 0. The second kappa shape index (κ2) is 4.08. The molecular weight excluding hydrogens is 179 g/mol. The van der Waals surface area contributed by atoms with E-state index >= 15 is 0 Å². The first-order valence-electron chi connectivity index (χ1n) is 4.08. The summed E-state index contributed by atoms with van der Waals surface area (Å²) in [5.74, 6) is 0. The van der Waals surface area contributed by atoms with E-state index in [1.54, 1.807) is 0 Å². The molecule has 1 aliphatic heterocycles. The van der Waals surface area contributed by atoms with Crippen LogP contribution in [0.25, 0.3) is 0 Å². The Balaban J connectivity index is 2.49.